The van der Waals surface area contributed by atoms with Crippen LogP contribution in [0.2, 0.25) is 0 Å². The lowest BCUT2D eigenvalue weighted by atomic mass is 9.84. The normalized spacial score (nSPS) is 22.4. The zero-order valence-corrected chi connectivity index (χ0v) is 17.7. The van der Waals surface area contributed by atoms with E-state index in [0.717, 1.165) is 42.0 Å². The highest BCUT2D eigenvalue weighted by molar-refractivity contribution is 5.85. The number of nitrogens with one attached hydrogen (secondary N) is 1. The summed E-state index contributed by atoms with van der Waals surface area (Å²) in [5.74, 6) is 2.44. The molecule has 1 aromatic heterocycles. The molecule has 1 aliphatic heterocycles. The van der Waals surface area contributed by atoms with Gasteiger partial charge in [0.15, 0.2) is 11.5 Å². The van der Waals surface area contributed by atoms with Crippen molar-refractivity contribution >= 4 is 5.71 Å². The monoisotopic (exact) mass is 396 g/mol. The van der Waals surface area contributed by atoms with Crippen LogP contribution in [-0.4, -0.2) is 49.4 Å². The van der Waals surface area contributed by atoms with E-state index in [9.17, 15) is 0 Å². The van der Waals surface area contributed by atoms with Crippen molar-refractivity contribution in [2.45, 2.75) is 38.3 Å². The summed E-state index contributed by atoms with van der Waals surface area (Å²) in [6, 6.07) is 14.2. The summed E-state index contributed by atoms with van der Waals surface area (Å²) in [6.07, 6.45) is 6.79. The van der Waals surface area contributed by atoms with Crippen LogP contribution in [0.5, 0.6) is 11.5 Å². The van der Waals surface area contributed by atoms with Crippen LogP contribution in [0.25, 0.3) is 0 Å². The van der Waals surface area contributed by atoms with Crippen molar-refractivity contribution < 1.29 is 9.47 Å². The van der Waals surface area contributed by atoms with Gasteiger partial charge < -0.3 is 19.8 Å². The minimum Gasteiger partial charge on any atom is -0.493 e. The quantitative estimate of drug-likeness (QED) is 0.781. The molecule has 2 atom stereocenters. The van der Waals surface area contributed by atoms with Gasteiger partial charge in [-0.3, -0.25) is 4.98 Å². The average molecular weight is 397 g/mol. The van der Waals surface area contributed by atoms with E-state index in [2.05, 4.69) is 27.5 Å². The van der Waals surface area contributed by atoms with E-state index < -0.39 is 0 Å². The molecular formula is C23H32N4O2. The molecule has 0 amide bonds. The first-order chi connectivity index (χ1) is 14.2. The van der Waals surface area contributed by atoms with Gasteiger partial charge in [0, 0.05) is 24.4 Å². The van der Waals surface area contributed by atoms with E-state index in [-0.39, 0.29) is 0 Å². The molecule has 6 heteroatoms. The average Bonchev–Trinajstić information content (AvgIpc) is 3.15. The Balaban J connectivity index is 0.000000204. The molecule has 1 N–H and O–H groups in total. The van der Waals surface area contributed by atoms with Gasteiger partial charge in [-0.1, -0.05) is 18.2 Å². The highest BCUT2D eigenvalue weighted by Crippen LogP contribution is 2.34. The molecule has 0 bridgehead atoms. The number of para-hydroxylation sites is 2. The number of aromatic nitrogens is 1. The maximum absolute atomic E-state index is 5.01. The second-order valence-electron chi connectivity index (χ2n) is 7.53. The van der Waals surface area contributed by atoms with Gasteiger partial charge in [0.25, 0.3) is 0 Å². The van der Waals surface area contributed by atoms with Gasteiger partial charge in [0.1, 0.15) is 0 Å². The lowest BCUT2D eigenvalue weighted by Gasteiger charge is -2.30. The highest BCUT2D eigenvalue weighted by Gasteiger charge is 2.35. The molecule has 1 aliphatic carbocycles. The molecule has 0 radical (unpaired) electrons. The second-order valence-corrected chi connectivity index (χ2v) is 7.53. The SMILES string of the molecule is CN1CCC2CC/C(=N\NCc3ccccn3)CC21.COc1ccccc1OC. The zero-order valence-electron chi connectivity index (χ0n) is 17.7. The van der Waals surface area contributed by atoms with Crippen molar-refractivity contribution in [1.82, 2.24) is 15.3 Å². The molecule has 1 aromatic carbocycles. The van der Waals surface area contributed by atoms with Crippen LogP contribution in [-0.2, 0) is 6.54 Å². The number of ether oxygens (including phenoxy) is 2. The lowest BCUT2D eigenvalue weighted by molar-refractivity contribution is 0.260. The van der Waals surface area contributed by atoms with Crippen molar-refractivity contribution in [2.75, 3.05) is 27.8 Å². The summed E-state index contributed by atoms with van der Waals surface area (Å²) in [6.45, 7) is 1.97. The fraction of sp³-hybridized carbons (Fsp3) is 0.478. The molecule has 2 heterocycles. The van der Waals surface area contributed by atoms with Crippen LogP contribution >= 0.6 is 0 Å². The molecule has 0 spiro atoms. The molecule has 29 heavy (non-hydrogen) atoms. The number of hydrazone groups is 1. The fourth-order valence-electron chi connectivity index (χ4n) is 4.07. The first-order valence-electron chi connectivity index (χ1n) is 10.3. The minimum atomic E-state index is 0.717. The number of hydrogen-bond donors (Lipinski definition) is 1. The number of likely N-dealkylation sites (tertiary alicyclic amines) is 1. The molecule has 1 saturated carbocycles. The number of fused-ring (bicyclic) bond motifs is 1. The van der Waals surface area contributed by atoms with Gasteiger partial charge in [-0.15, -0.1) is 0 Å². The van der Waals surface area contributed by atoms with E-state index in [0.29, 0.717) is 6.54 Å². The molecule has 6 nitrogen and oxygen atoms in total. The van der Waals surface area contributed by atoms with E-state index >= 15 is 0 Å². The smallest absolute Gasteiger partial charge is 0.160 e. The number of rotatable bonds is 5. The van der Waals surface area contributed by atoms with Crippen LogP contribution in [0.4, 0.5) is 0 Å². The standard InChI is InChI=1S/C15H22N4.C8H10O2/c1-19-9-7-12-5-6-13(10-15(12)19)18-17-11-14-4-2-3-8-16-14;1-9-7-5-3-4-6-8(7)10-2/h2-4,8,12,15,17H,5-7,9-11H2,1H3;3-6H,1-2H3/b18-13+;. The number of pyridine rings is 1. The Morgan fingerprint density at radius 1 is 1.07 bits per heavy atom. The molecular weight excluding hydrogens is 364 g/mol. The van der Waals surface area contributed by atoms with Crippen LogP contribution in [0.3, 0.4) is 0 Å². The topological polar surface area (TPSA) is 59.0 Å². The summed E-state index contributed by atoms with van der Waals surface area (Å²) in [4.78, 5) is 6.78. The number of methoxy groups -OCH3 is 2. The summed E-state index contributed by atoms with van der Waals surface area (Å²) in [5, 5.41) is 4.57. The minimum absolute atomic E-state index is 0.717. The Hall–Kier alpha value is -2.60. The molecule has 2 fully saturated rings. The van der Waals surface area contributed by atoms with Crippen molar-refractivity contribution in [2.24, 2.45) is 11.0 Å². The Bertz CT molecular complexity index is 758. The van der Waals surface area contributed by atoms with E-state index in [1.807, 2.05) is 48.7 Å². The third-order valence-corrected chi connectivity index (χ3v) is 5.72. The summed E-state index contributed by atoms with van der Waals surface area (Å²) >= 11 is 0. The maximum Gasteiger partial charge on any atom is 0.160 e. The van der Waals surface area contributed by atoms with Gasteiger partial charge in [0.2, 0.25) is 0 Å². The first-order valence-corrected chi connectivity index (χ1v) is 10.3. The van der Waals surface area contributed by atoms with E-state index in [1.54, 1.807) is 14.2 Å². The molecule has 156 valence electrons. The van der Waals surface area contributed by atoms with Gasteiger partial charge >= 0.3 is 0 Å². The van der Waals surface area contributed by atoms with Crippen LogP contribution in [0, 0.1) is 5.92 Å². The van der Waals surface area contributed by atoms with Crippen molar-refractivity contribution in [3.8, 4) is 11.5 Å². The largest absolute Gasteiger partial charge is 0.493 e. The van der Waals surface area contributed by atoms with Crippen LogP contribution in [0.1, 0.15) is 31.4 Å². The zero-order chi connectivity index (χ0) is 20.5. The highest BCUT2D eigenvalue weighted by atomic mass is 16.5. The summed E-state index contributed by atoms with van der Waals surface area (Å²) < 4.78 is 10.0. The predicted molar refractivity (Wildman–Crippen MR) is 116 cm³/mol. The first kappa shape index (κ1) is 21.1. The number of benzene rings is 1. The molecule has 4 rings (SSSR count). The van der Waals surface area contributed by atoms with Gasteiger partial charge in [-0.2, -0.15) is 5.10 Å². The van der Waals surface area contributed by atoms with Crippen molar-refractivity contribution in [1.29, 1.82) is 0 Å². The van der Waals surface area contributed by atoms with E-state index in [4.69, 9.17) is 9.47 Å². The Kier molecular flexibility index (Phi) is 7.87. The third kappa shape index (κ3) is 5.94. The number of hydrogen-bond acceptors (Lipinski definition) is 6. The number of nitrogens with zero attached hydrogens (tertiary/aromatic N) is 3. The molecule has 2 aromatic rings. The fourth-order valence-corrected chi connectivity index (χ4v) is 4.07. The Morgan fingerprint density at radius 3 is 2.45 bits per heavy atom. The third-order valence-electron chi connectivity index (χ3n) is 5.72. The molecule has 1 saturated heterocycles. The maximum atomic E-state index is 5.01. The predicted octanol–water partition coefficient (Wildman–Crippen LogP) is 3.74. The summed E-state index contributed by atoms with van der Waals surface area (Å²) in [5.41, 5.74) is 5.54. The van der Waals surface area contributed by atoms with Gasteiger partial charge in [-0.25, -0.2) is 0 Å². The van der Waals surface area contributed by atoms with Gasteiger partial charge in [0.05, 0.1) is 26.5 Å². The Morgan fingerprint density at radius 2 is 1.79 bits per heavy atom. The van der Waals surface area contributed by atoms with Crippen molar-refractivity contribution in [3.63, 3.8) is 0 Å². The van der Waals surface area contributed by atoms with Crippen molar-refractivity contribution in [3.05, 3.63) is 54.4 Å². The van der Waals surface area contributed by atoms with E-state index in [1.165, 1.54) is 25.1 Å². The second kappa shape index (κ2) is 10.8. The lowest BCUT2D eigenvalue weighted by Crippen LogP contribution is -2.35. The summed E-state index contributed by atoms with van der Waals surface area (Å²) in [7, 11) is 5.49. The van der Waals surface area contributed by atoms with Gasteiger partial charge in [-0.05, 0) is 63.0 Å². The molecule has 2 unspecified atom stereocenters. The van der Waals surface area contributed by atoms with Crippen LogP contribution < -0.4 is 14.9 Å². The Labute approximate surface area is 173 Å². The molecule has 2 aliphatic rings. The van der Waals surface area contributed by atoms with Crippen LogP contribution in [0.15, 0.2) is 53.8 Å².